The van der Waals surface area contributed by atoms with Crippen LogP contribution in [0, 0.1) is 11.7 Å². The Kier molecular flexibility index (Phi) is 5.96. The fourth-order valence-electron chi connectivity index (χ4n) is 5.34. The van der Waals surface area contributed by atoms with Crippen molar-refractivity contribution in [2.24, 2.45) is 23.2 Å². The maximum Gasteiger partial charge on any atom is 0.221 e. The van der Waals surface area contributed by atoms with Crippen molar-refractivity contribution in [1.82, 2.24) is 20.1 Å². The number of hydrogen-bond donors (Lipinski definition) is 4. The van der Waals surface area contributed by atoms with Gasteiger partial charge in [0.05, 0.1) is 28.9 Å². The molecular weight excluding hydrogens is 447 g/mol. The number of fused-ring (bicyclic) bond motifs is 1. The number of nitrogens with zero attached hydrogens (tertiary/aromatic N) is 4. The molecule has 0 bridgehead atoms. The predicted octanol–water partition coefficient (Wildman–Crippen LogP) is 1.98. The first-order chi connectivity index (χ1) is 16.8. The average Bonchev–Trinajstić information content (AvgIpc) is 3.30. The molecule has 3 aromatic rings. The van der Waals surface area contributed by atoms with Gasteiger partial charge in [0.1, 0.15) is 5.82 Å². The topological polar surface area (TPSA) is 134 Å². The van der Waals surface area contributed by atoms with Gasteiger partial charge in [0.25, 0.3) is 0 Å². The normalized spacial score (nSPS) is 25.7. The molecule has 2 aliphatic rings. The summed E-state index contributed by atoms with van der Waals surface area (Å²) in [5.74, 6) is 5.74. The molecule has 5 rings (SSSR count). The van der Waals surface area contributed by atoms with Crippen molar-refractivity contribution in [1.29, 1.82) is 0 Å². The van der Waals surface area contributed by atoms with Crippen LogP contribution >= 0.6 is 0 Å². The molecule has 0 aliphatic carbocycles. The number of anilines is 1. The second-order valence-corrected chi connectivity index (χ2v) is 9.63. The molecule has 1 aromatic heterocycles. The number of aromatic amines is 1. The lowest BCUT2D eigenvalue weighted by Crippen LogP contribution is -2.66. The highest BCUT2D eigenvalue weighted by atomic mass is 19.1. The Labute approximate surface area is 203 Å². The highest BCUT2D eigenvalue weighted by molar-refractivity contribution is 5.82. The summed E-state index contributed by atoms with van der Waals surface area (Å²) < 4.78 is 13.9. The number of primary amides is 1. The van der Waals surface area contributed by atoms with Crippen LogP contribution in [0.4, 0.5) is 10.1 Å². The quantitative estimate of drug-likeness (QED) is 0.412. The van der Waals surface area contributed by atoms with Crippen molar-refractivity contribution in [2.75, 3.05) is 18.0 Å². The van der Waals surface area contributed by atoms with Crippen LogP contribution in [-0.2, 0) is 11.3 Å². The Morgan fingerprint density at radius 2 is 2.11 bits per heavy atom. The zero-order valence-electron chi connectivity index (χ0n) is 19.7. The number of nitrogens with one attached hydrogen (secondary N) is 1. The molecule has 3 atom stereocenters. The molecule has 2 aromatic carbocycles. The van der Waals surface area contributed by atoms with Gasteiger partial charge in [-0.2, -0.15) is 5.10 Å². The van der Waals surface area contributed by atoms with Gasteiger partial charge < -0.3 is 10.6 Å². The molecule has 0 saturated carbocycles. The molecule has 184 valence electrons. The van der Waals surface area contributed by atoms with E-state index in [0.717, 1.165) is 27.9 Å². The van der Waals surface area contributed by atoms with E-state index in [9.17, 15) is 9.18 Å². The van der Waals surface area contributed by atoms with E-state index in [0.29, 0.717) is 32.5 Å². The second-order valence-electron chi connectivity index (χ2n) is 9.63. The first kappa shape index (κ1) is 23.3. The summed E-state index contributed by atoms with van der Waals surface area (Å²) in [5.41, 5.74) is 15.3. The zero-order chi connectivity index (χ0) is 24.7. The summed E-state index contributed by atoms with van der Waals surface area (Å²) in [5, 5.41) is 9.70. The Bertz CT molecular complexity index is 1280. The molecule has 35 heavy (non-hydrogen) atoms. The average molecular weight is 479 g/mol. The molecular formula is C25H31FN8O. The Morgan fingerprint density at radius 1 is 1.29 bits per heavy atom. The summed E-state index contributed by atoms with van der Waals surface area (Å²) in [6.07, 6.45) is 4.58. The lowest BCUT2D eigenvalue weighted by Gasteiger charge is -2.53. The third-order valence-electron chi connectivity index (χ3n) is 7.46. The van der Waals surface area contributed by atoms with Gasteiger partial charge in [-0.1, -0.05) is 12.1 Å². The Balaban J connectivity index is 1.45. The highest BCUT2D eigenvalue weighted by Gasteiger charge is 2.46. The second kappa shape index (κ2) is 8.95. The molecule has 3 heterocycles. The summed E-state index contributed by atoms with van der Waals surface area (Å²) in [4.78, 5) is 16.2. The van der Waals surface area contributed by atoms with Gasteiger partial charge in [0.2, 0.25) is 5.91 Å². The molecule has 1 fully saturated rings. The number of hydrogen-bond acceptors (Lipinski definition) is 7. The van der Waals surface area contributed by atoms with Gasteiger partial charge in [-0.3, -0.25) is 25.5 Å². The van der Waals surface area contributed by atoms with Crippen LogP contribution in [0.25, 0.3) is 10.9 Å². The van der Waals surface area contributed by atoms with Gasteiger partial charge in [0.15, 0.2) is 6.29 Å². The SMILES string of the molecule is C[C@]1(C2=CCN(c3ccc4cn[nH]c4c3)C(N)N2N)CC[C@H](C(N)=O)CN1Cc1cccc(F)c1. The number of aromatic nitrogens is 2. The van der Waals surface area contributed by atoms with Crippen molar-refractivity contribution < 1.29 is 9.18 Å². The monoisotopic (exact) mass is 478 g/mol. The number of likely N-dealkylation sites (tertiary alicyclic amines) is 1. The molecule has 9 nitrogen and oxygen atoms in total. The molecule has 0 spiro atoms. The molecule has 1 amide bonds. The maximum absolute atomic E-state index is 13.9. The van der Waals surface area contributed by atoms with Crippen LogP contribution in [0.1, 0.15) is 25.3 Å². The molecule has 1 unspecified atom stereocenters. The number of piperidine rings is 1. The molecule has 0 radical (unpaired) electrons. The summed E-state index contributed by atoms with van der Waals surface area (Å²) in [7, 11) is 0. The van der Waals surface area contributed by atoms with E-state index in [1.54, 1.807) is 17.3 Å². The molecule has 7 N–H and O–H groups in total. The smallest absolute Gasteiger partial charge is 0.221 e. The van der Waals surface area contributed by atoms with E-state index < -0.39 is 11.8 Å². The van der Waals surface area contributed by atoms with E-state index in [1.807, 2.05) is 29.2 Å². The number of benzene rings is 2. The van der Waals surface area contributed by atoms with Gasteiger partial charge in [-0.25, -0.2) is 10.2 Å². The van der Waals surface area contributed by atoms with Crippen LogP contribution in [0.5, 0.6) is 0 Å². The Morgan fingerprint density at radius 3 is 2.89 bits per heavy atom. The number of halogens is 1. The van der Waals surface area contributed by atoms with Crippen LogP contribution in [0.3, 0.4) is 0 Å². The van der Waals surface area contributed by atoms with Crippen LogP contribution in [0.2, 0.25) is 0 Å². The van der Waals surface area contributed by atoms with Crippen molar-refractivity contribution in [3.05, 3.63) is 71.8 Å². The van der Waals surface area contributed by atoms with E-state index in [4.69, 9.17) is 17.3 Å². The minimum Gasteiger partial charge on any atom is -0.369 e. The van der Waals surface area contributed by atoms with Crippen molar-refractivity contribution >= 4 is 22.5 Å². The maximum atomic E-state index is 13.9. The third kappa shape index (κ3) is 4.24. The molecule has 2 aliphatic heterocycles. The fraction of sp³-hybridized carbons (Fsp3) is 0.360. The Hall–Kier alpha value is -3.47. The van der Waals surface area contributed by atoms with Gasteiger partial charge in [-0.05, 0) is 61.7 Å². The number of amides is 1. The van der Waals surface area contributed by atoms with Crippen LogP contribution in [0.15, 0.2) is 60.4 Å². The number of carbonyl (C=O) groups excluding carboxylic acids is 1. The first-order valence-electron chi connectivity index (χ1n) is 11.7. The van der Waals surface area contributed by atoms with Gasteiger partial charge in [0, 0.05) is 30.7 Å². The zero-order valence-corrected chi connectivity index (χ0v) is 19.7. The van der Waals surface area contributed by atoms with Crippen LogP contribution in [-0.4, -0.2) is 50.9 Å². The van der Waals surface area contributed by atoms with Gasteiger partial charge in [-0.15, -0.1) is 0 Å². The largest absolute Gasteiger partial charge is 0.369 e. The summed E-state index contributed by atoms with van der Waals surface area (Å²) in [6.45, 7) is 3.59. The van der Waals surface area contributed by atoms with Crippen molar-refractivity contribution in [3.8, 4) is 0 Å². The molecule has 1 saturated heterocycles. The standard InChI is InChI=1S/C25H31FN8O/c1-25(9-7-18(23(27)35)15-32(25)14-16-3-2-4-19(26)11-16)22-8-10-33(24(28)34(22)29)20-6-5-17-13-30-31-21(17)12-20/h2-6,8,11-13,18,24H,7,9-10,14-15,28-29H2,1H3,(H2,27,35)(H,30,31)/t18-,24?,25+/m0/s1. The van der Waals surface area contributed by atoms with Crippen molar-refractivity contribution in [2.45, 2.75) is 38.1 Å². The van der Waals surface area contributed by atoms with Crippen molar-refractivity contribution in [3.63, 3.8) is 0 Å². The van der Waals surface area contributed by atoms with E-state index in [-0.39, 0.29) is 17.6 Å². The number of rotatable bonds is 5. The number of carbonyl (C=O) groups is 1. The van der Waals surface area contributed by atoms with E-state index in [2.05, 4.69) is 28.1 Å². The lowest BCUT2D eigenvalue weighted by molar-refractivity contribution is -0.125. The summed E-state index contributed by atoms with van der Waals surface area (Å²) in [6, 6.07) is 12.5. The highest BCUT2D eigenvalue weighted by Crippen LogP contribution is 2.40. The fourth-order valence-corrected chi connectivity index (χ4v) is 5.34. The number of hydrazine groups is 1. The minimum absolute atomic E-state index is 0.279. The third-order valence-corrected chi connectivity index (χ3v) is 7.46. The number of nitrogens with two attached hydrogens (primary N) is 3. The first-order valence-corrected chi connectivity index (χ1v) is 11.7. The van der Waals surface area contributed by atoms with E-state index >= 15 is 0 Å². The minimum atomic E-state index is -0.600. The molecule has 10 heteroatoms. The van der Waals surface area contributed by atoms with Gasteiger partial charge >= 0.3 is 0 Å². The number of H-pyrrole nitrogens is 1. The predicted molar refractivity (Wildman–Crippen MR) is 133 cm³/mol. The lowest BCUT2D eigenvalue weighted by atomic mass is 9.79. The van der Waals surface area contributed by atoms with E-state index in [1.165, 1.54) is 12.1 Å². The van der Waals surface area contributed by atoms with Crippen LogP contribution < -0.4 is 22.2 Å². The summed E-state index contributed by atoms with van der Waals surface area (Å²) >= 11 is 0.